The molecular formula is C17H15N3O3. The number of nitrogens with zero attached hydrogens (tertiary/aromatic N) is 2. The van der Waals surface area contributed by atoms with Crippen molar-refractivity contribution < 1.29 is 14.3 Å². The topological polar surface area (TPSA) is 73.2 Å². The molecule has 6 heteroatoms. The van der Waals surface area contributed by atoms with E-state index in [1.807, 2.05) is 34.9 Å². The van der Waals surface area contributed by atoms with Gasteiger partial charge in [0.15, 0.2) is 0 Å². The number of methoxy groups -OCH3 is 1. The standard InChI is InChI=1S/C17H15N3O3/c1-23-17-15-11(8-9-18-17)10-4-2-3-5-12(10)20(15)13-6-7-14(21)19-16(13)22/h2-5,8-9,13H,6-7H2,1H3,(H,19,21,22). The summed E-state index contributed by atoms with van der Waals surface area (Å²) in [4.78, 5) is 28.1. The third kappa shape index (κ3) is 1.98. The van der Waals surface area contributed by atoms with Gasteiger partial charge in [0.05, 0.1) is 12.6 Å². The first kappa shape index (κ1) is 13.8. The van der Waals surface area contributed by atoms with E-state index in [4.69, 9.17) is 4.74 Å². The van der Waals surface area contributed by atoms with E-state index in [9.17, 15) is 9.59 Å². The van der Waals surface area contributed by atoms with Crippen molar-refractivity contribution in [3.63, 3.8) is 0 Å². The smallest absolute Gasteiger partial charge is 0.249 e. The summed E-state index contributed by atoms with van der Waals surface area (Å²) in [5.74, 6) is -0.0321. The molecular weight excluding hydrogens is 294 g/mol. The molecule has 116 valence electrons. The molecule has 1 fully saturated rings. The van der Waals surface area contributed by atoms with Crippen LogP contribution in [-0.2, 0) is 9.59 Å². The summed E-state index contributed by atoms with van der Waals surface area (Å²) in [7, 11) is 1.56. The van der Waals surface area contributed by atoms with E-state index in [1.165, 1.54) is 0 Å². The molecule has 1 aliphatic rings. The number of hydrogen-bond acceptors (Lipinski definition) is 4. The van der Waals surface area contributed by atoms with Crippen LogP contribution in [0.25, 0.3) is 21.8 Å². The van der Waals surface area contributed by atoms with Gasteiger partial charge in [0.1, 0.15) is 11.6 Å². The summed E-state index contributed by atoms with van der Waals surface area (Å²) in [5.41, 5.74) is 1.72. The Balaban J connectivity index is 2.07. The number of piperidine rings is 1. The molecule has 1 saturated heterocycles. The SMILES string of the molecule is COc1nccc2c3ccccc3n(C3CCC(=O)NC3=O)c12. The van der Waals surface area contributed by atoms with Gasteiger partial charge in [0, 0.05) is 23.4 Å². The predicted molar refractivity (Wildman–Crippen MR) is 85.2 cm³/mol. The summed E-state index contributed by atoms with van der Waals surface area (Å²) < 4.78 is 7.36. The van der Waals surface area contributed by atoms with E-state index in [-0.39, 0.29) is 11.8 Å². The van der Waals surface area contributed by atoms with Crippen LogP contribution in [0.3, 0.4) is 0 Å². The number of fused-ring (bicyclic) bond motifs is 3. The van der Waals surface area contributed by atoms with Crippen LogP contribution < -0.4 is 10.1 Å². The Bertz CT molecular complexity index is 945. The van der Waals surface area contributed by atoms with Crippen LogP contribution in [0, 0.1) is 0 Å². The molecule has 0 radical (unpaired) electrons. The number of rotatable bonds is 2. The van der Waals surface area contributed by atoms with Crippen LogP contribution in [0.4, 0.5) is 0 Å². The summed E-state index contributed by atoms with van der Waals surface area (Å²) in [5, 5.41) is 4.44. The van der Waals surface area contributed by atoms with Crippen molar-refractivity contribution in [1.29, 1.82) is 0 Å². The van der Waals surface area contributed by atoms with Crippen molar-refractivity contribution in [3.05, 3.63) is 36.5 Å². The Kier molecular flexibility index (Phi) is 3.04. The minimum absolute atomic E-state index is 0.225. The van der Waals surface area contributed by atoms with Crippen LogP contribution in [0.1, 0.15) is 18.9 Å². The molecule has 0 bridgehead atoms. The van der Waals surface area contributed by atoms with Gasteiger partial charge in [-0.25, -0.2) is 4.98 Å². The van der Waals surface area contributed by atoms with Crippen molar-refractivity contribution in [2.24, 2.45) is 0 Å². The van der Waals surface area contributed by atoms with Gasteiger partial charge in [0.25, 0.3) is 0 Å². The number of pyridine rings is 1. The number of aromatic nitrogens is 2. The molecule has 6 nitrogen and oxygen atoms in total. The number of para-hydroxylation sites is 1. The van der Waals surface area contributed by atoms with Gasteiger partial charge in [-0.15, -0.1) is 0 Å². The second-order valence-corrected chi connectivity index (χ2v) is 5.57. The van der Waals surface area contributed by atoms with Crippen molar-refractivity contribution in [1.82, 2.24) is 14.9 Å². The van der Waals surface area contributed by atoms with E-state index in [1.54, 1.807) is 13.3 Å². The fraction of sp³-hybridized carbons (Fsp3) is 0.235. The number of amides is 2. The second kappa shape index (κ2) is 5.08. The van der Waals surface area contributed by atoms with E-state index < -0.39 is 6.04 Å². The average Bonchev–Trinajstić information content (AvgIpc) is 2.90. The predicted octanol–water partition coefficient (Wildman–Crippen LogP) is 2.18. The summed E-state index contributed by atoms with van der Waals surface area (Å²) in [6, 6.07) is 9.35. The molecule has 1 N–H and O–H groups in total. The lowest BCUT2D eigenvalue weighted by Crippen LogP contribution is -2.41. The minimum Gasteiger partial charge on any atom is -0.479 e. The normalized spacial score (nSPS) is 18.4. The fourth-order valence-electron chi connectivity index (χ4n) is 3.32. The third-order valence-corrected chi connectivity index (χ3v) is 4.30. The number of imide groups is 1. The van der Waals surface area contributed by atoms with Crippen LogP contribution >= 0.6 is 0 Å². The van der Waals surface area contributed by atoms with E-state index in [2.05, 4.69) is 10.3 Å². The van der Waals surface area contributed by atoms with Crippen molar-refractivity contribution in [2.45, 2.75) is 18.9 Å². The van der Waals surface area contributed by atoms with Crippen LogP contribution in [0.5, 0.6) is 5.88 Å². The van der Waals surface area contributed by atoms with E-state index in [0.29, 0.717) is 18.7 Å². The van der Waals surface area contributed by atoms with Gasteiger partial charge in [-0.2, -0.15) is 0 Å². The van der Waals surface area contributed by atoms with E-state index >= 15 is 0 Å². The van der Waals surface area contributed by atoms with Gasteiger partial charge in [-0.05, 0) is 18.6 Å². The number of carbonyl (C=O) groups excluding carboxylic acids is 2. The maximum absolute atomic E-state index is 12.4. The third-order valence-electron chi connectivity index (χ3n) is 4.30. The highest BCUT2D eigenvalue weighted by atomic mass is 16.5. The molecule has 1 aliphatic heterocycles. The zero-order valence-electron chi connectivity index (χ0n) is 12.6. The highest BCUT2D eigenvalue weighted by molar-refractivity contribution is 6.11. The molecule has 2 aromatic heterocycles. The maximum atomic E-state index is 12.4. The second-order valence-electron chi connectivity index (χ2n) is 5.57. The van der Waals surface area contributed by atoms with Crippen LogP contribution in [0.2, 0.25) is 0 Å². The lowest BCUT2D eigenvalue weighted by molar-refractivity contribution is -0.135. The quantitative estimate of drug-likeness (QED) is 0.736. The van der Waals surface area contributed by atoms with E-state index in [0.717, 1.165) is 21.8 Å². The average molecular weight is 309 g/mol. The molecule has 23 heavy (non-hydrogen) atoms. The van der Waals surface area contributed by atoms with Crippen LogP contribution in [-0.4, -0.2) is 28.5 Å². The van der Waals surface area contributed by atoms with Crippen molar-refractivity contribution >= 4 is 33.6 Å². The van der Waals surface area contributed by atoms with Crippen molar-refractivity contribution in [3.8, 4) is 5.88 Å². The molecule has 3 aromatic rings. The summed E-state index contributed by atoms with van der Waals surface area (Å²) in [6.07, 6.45) is 2.49. The van der Waals surface area contributed by atoms with Gasteiger partial charge < -0.3 is 9.30 Å². The molecule has 4 rings (SSSR count). The first-order chi connectivity index (χ1) is 11.2. The van der Waals surface area contributed by atoms with Gasteiger partial charge in [-0.3, -0.25) is 14.9 Å². The fourth-order valence-corrected chi connectivity index (χ4v) is 3.32. The van der Waals surface area contributed by atoms with Crippen molar-refractivity contribution in [2.75, 3.05) is 7.11 Å². The highest BCUT2D eigenvalue weighted by Gasteiger charge is 2.31. The Morgan fingerprint density at radius 2 is 2.04 bits per heavy atom. The molecule has 0 saturated carbocycles. The largest absolute Gasteiger partial charge is 0.479 e. The monoisotopic (exact) mass is 309 g/mol. The maximum Gasteiger partial charge on any atom is 0.249 e. The molecule has 1 atom stereocenters. The molecule has 3 heterocycles. The summed E-state index contributed by atoms with van der Waals surface area (Å²) >= 11 is 0. The summed E-state index contributed by atoms with van der Waals surface area (Å²) in [6.45, 7) is 0. The van der Waals surface area contributed by atoms with Gasteiger partial charge in [0.2, 0.25) is 17.7 Å². The molecule has 2 amide bonds. The Morgan fingerprint density at radius 1 is 1.22 bits per heavy atom. The molecule has 1 aromatic carbocycles. The molecule has 0 aliphatic carbocycles. The zero-order valence-corrected chi connectivity index (χ0v) is 12.6. The highest BCUT2D eigenvalue weighted by Crippen LogP contribution is 2.37. The van der Waals surface area contributed by atoms with Crippen LogP contribution in [0.15, 0.2) is 36.5 Å². The molecule has 0 spiro atoms. The lowest BCUT2D eigenvalue weighted by Gasteiger charge is -2.24. The first-order valence-corrected chi connectivity index (χ1v) is 7.46. The minimum atomic E-state index is -0.451. The lowest BCUT2D eigenvalue weighted by atomic mass is 10.1. The molecule has 1 unspecified atom stereocenters. The Hall–Kier alpha value is -2.89. The number of hydrogen-bond donors (Lipinski definition) is 1. The van der Waals surface area contributed by atoms with Gasteiger partial charge in [-0.1, -0.05) is 18.2 Å². The zero-order chi connectivity index (χ0) is 16.0. The number of benzene rings is 1. The number of carbonyl (C=O) groups is 2. The Morgan fingerprint density at radius 3 is 2.83 bits per heavy atom. The Labute approximate surface area is 132 Å². The first-order valence-electron chi connectivity index (χ1n) is 7.46. The number of ether oxygens (including phenoxy) is 1. The van der Waals surface area contributed by atoms with Gasteiger partial charge >= 0.3 is 0 Å². The number of nitrogens with one attached hydrogen (secondary N) is 1.